The first-order valence-electron chi connectivity index (χ1n) is 7.76. The Morgan fingerprint density at radius 3 is 2.76 bits per heavy atom. The number of amides is 1. The Bertz CT molecular complexity index is 502. The van der Waals surface area contributed by atoms with Crippen LogP contribution in [0.1, 0.15) is 44.2 Å². The highest BCUT2D eigenvalue weighted by atomic mass is 19.1. The lowest BCUT2D eigenvalue weighted by Gasteiger charge is -2.23. The fourth-order valence-electron chi connectivity index (χ4n) is 3.04. The molecule has 1 amide bonds. The first-order chi connectivity index (χ1) is 10.0. The summed E-state index contributed by atoms with van der Waals surface area (Å²) in [7, 11) is 0. The van der Waals surface area contributed by atoms with Crippen LogP contribution in [0.25, 0.3) is 0 Å². The van der Waals surface area contributed by atoms with E-state index in [2.05, 4.69) is 13.8 Å². The third-order valence-corrected chi connectivity index (χ3v) is 4.54. The standard InChI is InChI=1S/C17H25FN2O/c1-12(2)13-4-6-17(21)20(8-7-13)11-15-9-16(18)5-3-14(15)10-19/h3,5,9,12-13H,4,6-8,10-11,19H2,1-2H3. The van der Waals surface area contributed by atoms with Crippen LogP contribution in [0.2, 0.25) is 0 Å². The average Bonchev–Trinajstić information content (AvgIpc) is 2.62. The summed E-state index contributed by atoms with van der Waals surface area (Å²) in [5.74, 6) is 1.10. The van der Waals surface area contributed by atoms with Gasteiger partial charge in [0.2, 0.25) is 5.91 Å². The van der Waals surface area contributed by atoms with Gasteiger partial charge in [0.05, 0.1) is 0 Å². The zero-order valence-electron chi connectivity index (χ0n) is 12.9. The number of hydrogen-bond donors (Lipinski definition) is 1. The van der Waals surface area contributed by atoms with E-state index in [0.29, 0.717) is 31.3 Å². The normalized spacial score (nSPS) is 20.0. The van der Waals surface area contributed by atoms with E-state index in [-0.39, 0.29) is 11.7 Å². The molecule has 21 heavy (non-hydrogen) atoms. The van der Waals surface area contributed by atoms with Crippen LogP contribution in [0, 0.1) is 17.7 Å². The van der Waals surface area contributed by atoms with E-state index in [1.54, 1.807) is 6.07 Å². The average molecular weight is 292 g/mol. The Hall–Kier alpha value is -1.42. The van der Waals surface area contributed by atoms with E-state index < -0.39 is 0 Å². The molecule has 1 atom stereocenters. The number of benzene rings is 1. The highest BCUT2D eigenvalue weighted by molar-refractivity contribution is 5.76. The highest BCUT2D eigenvalue weighted by Gasteiger charge is 2.24. The SMILES string of the molecule is CC(C)C1CCC(=O)N(Cc2cc(F)ccc2CN)CC1. The van der Waals surface area contributed by atoms with Gasteiger partial charge >= 0.3 is 0 Å². The van der Waals surface area contributed by atoms with Crippen LogP contribution in [0.5, 0.6) is 0 Å². The van der Waals surface area contributed by atoms with Crippen molar-refractivity contribution in [3.63, 3.8) is 0 Å². The van der Waals surface area contributed by atoms with Gasteiger partial charge in [-0.25, -0.2) is 4.39 Å². The molecular weight excluding hydrogens is 267 g/mol. The van der Waals surface area contributed by atoms with Crippen LogP contribution < -0.4 is 5.73 Å². The number of carbonyl (C=O) groups excluding carboxylic acids is 1. The first-order valence-corrected chi connectivity index (χ1v) is 7.76. The highest BCUT2D eigenvalue weighted by Crippen LogP contribution is 2.26. The number of likely N-dealkylation sites (tertiary alicyclic amines) is 1. The summed E-state index contributed by atoms with van der Waals surface area (Å²) in [4.78, 5) is 14.1. The van der Waals surface area contributed by atoms with Crippen LogP contribution in [-0.4, -0.2) is 17.4 Å². The van der Waals surface area contributed by atoms with E-state index in [1.165, 1.54) is 12.1 Å². The van der Waals surface area contributed by atoms with Crippen molar-refractivity contribution in [3.05, 3.63) is 35.1 Å². The summed E-state index contributed by atoms with van der Waals surface area (Å²) < 4.78 is 13.4. The molecule has 1 aliphatic heterocycles. The van der Waals surface area contributed by atoms with Gasteiger partial charge in [0.1, 0.15) is 5.82 Å². The third-order valence-electron chi connectivity index (χ3n) is 4.54. The van der Waals surface area contributed by atoms with Crippen LogP contribution in [-0.2, 0) is 17.9 Å². The van der Waals surface area contributed by atoms with Crippen LogP contribution in [0.15, 0.2) is 18.2 Å². The van der Waals surface area contributed by atoms with Crippen molar-refractivity contribution in [2.45, 2.75) is 46.2 Å². The van der Waals surface area contributed by atoms with Crippen LogP contribution in [0.3, 0.4) is 0 Å². The lowest BCUT2D eigenvalue weighted by Crippen LogP contribution is -2.30. The maximum Gasteiger partial charge on any atom is 0.222 e. The number of halogens is 1. The minimum atomic E-state index is -0.274. The summed E-state index contributed by atoms with van der Waals surface area (Å²) in [6.45, 7) is 6.01. The zero-order valence-corrected chi connectivity index (χ0v) is 12.9. The quantitative estimate of drug-likeness (QED) is 0.927. The summed E-state index contributed by atoms with van der Waals surface area (Å²) in [5, 5.41) is 0. The van der Waals surface area contributed by atoms with Crippen LogP contribution >= 0.6 is 0 Å². The molecule has 2 rings (SSSR count). The van der Waals surface area contributed by atoms with Gasteiger partial charge in [-0.2, -0.15) is 0 Å². The van der Waals surface area contributed by atoms with Crippen molar-refractivity contribution >= 4 is 5.91 Å². The maximum absolute atomic E-state index is 13.4. The lowest BCUT2D eigenvalue weighted by molar-refractivity contribution is -0.131. The number of carbonyl (C=O) groups is 1. The Morgan fingerprint density at radius 1 is 1.33 bits per heavy atom. The largest absolute Gasteiger partial charge is 0.338 e. The fraction of sp³-hybridized carbons (Fsp3) is 0.588. The van der Waals surface area contributed by atoms with Crippen molar-refractivity contribution in [1.82, 2.24) is 4.90 Å². The number of nitrogens with two attached hydrogens (primary N) is 1. The monoisotopic (exact) mass is 292 g/mol. The topological polar surface area (TPSA) is 46.3 Å². The Balaban J connectivity index is 2.11. The van der Waals surface area contributed by atoms with Gasteiger partial charge in [-0.1, -0.05) is 19.9 Å². The van der Waals surface area contributed by atoms with E-state index in [0.717, 1.165) is 30.5 Å². The molecule has 1 fully saturated rings. The van der Waals surface area contributed by atoms with Gasteiger partial charge < -0.3 is 10.6 Å². The minimum Gasteiger partial charge on any atom is -0.338 e. The molecule has 1 aromatic rings. The smallest absolute Gasteiger partial charge is 0.222 e. The molecule has 0 saturated carbocycles. The maximum atomic E-state index is 13.4. The molecule has 0 spiro atoms. The molecule has 2 N–H and O–H groups in total. The predicted octanol–water partition coefficient (Wildman–Crippen LogP) is 3.07. The molecule has 1 aromatic carbocycles. The van der Waals surface area contributed by atoms with E-state index in [9.17, 15) is 9.18 Å². The van der Waals surface area contributed by atoms with E-state index in [1.807, 2.05) is 4.90 Å². The van der Waals surface area contributed by atoms with Crippen LogP contribution in [0.4, 0.5) is 4.39 Å². The second-order valence-electron chi connectivity index (χ2n) is 6.26. The molecular formula is C17H25FN2O. The first kappa shape index (κ1) is 16.0. The second kappa shape index (κ2) is 7.03. The van der Waals surface area contributed by atoms with Crippen molar-refractivity contribution in [2.75, 3.05) is 6.54 Å². The Labute approximate surface area is 126 Å². The number of nitrogens with zero attached hydrogens (tertiary/aromatic N) is 1. The van der Waals surface area contributed by atoms with Crippen molar-refractivity contribution in [2.24, 2.45) is 17.6 Å². The van der Waals surface area contributed by atoms with Crippen molar-refractivity contribution in [3.8, 4) is 0 Å². The third kappa shape index (κ3) is 4.03. The molecule has 1 aliphatic rings. The lowest BCUT2D eigenvalue weighted by atomic mass is 9.89. The summed E-state index contributed by atoms with van der Waals surface area (Å²) in [6, 6.07) is 4.63. The van der Waals surface area contributed by atoms with Gasteiger partial charge in [-0.3, -0.25) is 4.79 Å². The van der Waals surface area contributed by atoms with E-state index >= 15 is 0 Å². The minimum absolute atomic E-state index is 0.172. The Morgan fingerprint density at radius 2 is 2.10 bits per heavy atom. The molecule has 0 bridgehead atoms. The van der Waals surface area contributed by atoms with E-state index in [4.69, 9.17) is 5.73 Å². The van der Waals surface area contributed by atoms with Crippen molar-refractivity contribution in [1.29, 1.82) is 0 Å². The predicted molar refractivity (Wildman–Crippen MR) is 81.9 cm³/mol. The Kier molecular flexibility index (Phi) is 5.34. The van der Waals surface area contributed by atoms with Crippen molar-refractivity contribution < 1.29 is 9.18 Å². The molecule has 1 unspecified atom stereocenters. The fourth-order valence-corrected chi connectivity index (χ4v) is 3.04. The zero-order chi connectivity index (χ0) is 15.4. The molecule has 0 aliphatic carbocycles. The molecule has 0 aromatic heterocycles. The molecule has 1 saturated heterocycles. The second-order valence-corrected chi connectivity index (χ2v) is 6.26. The van der Waals surface area contributed by atoms with Gasteiger partial charge in [0, 0.05) is 26.1 Å². The molecule has 0 radical (unpaired) electrons. The van der Waals surface area contributed by atoms with Gasteiger partial charge in [-0.15, -0.1) is 0 Å². The molecule has 3 nitrogen and oxygen atoms in total. The molecule has 1 heterocycles. The van der Waals surface area contributed by atoms with Gasteiger partial charge in [-0.05, 0) is 47.9 Å². The summed E-state index contributed by atoms with van der Waals surface area (Å²) in [6.07, 6.45) is 2.58. The van der Waals surface area contributed by atoms with Gasteiger partial charge in [0.15, 0.2) is 0 Å². The molecule has 4 heteroatoms. The summed E-state index contributed by atoms with van der Waals surface area (Å²) in [5.41, 5.74) is 7.45. The summed E-state index contributed by atoms with van der Waals surface area (Å²) >= 11 is 0. The van der Waals surface area contributed by atoms with Gasteiger partial charge in [0.25, 0.3) is 0 Å². The number of hydrogen-bond acceptors (Lipinski definition) is 2. The molecule has 116 valence electrons. The number of rotatable bonds is 4.